The summed E-state index contributed by atoms with van der Waals surface area (Å²) in [6.45, 7) is 0.440. The summed E-state index contributed by atoms with van der Waals surface area (Å²) in [5, 5.41) is 7.59. The first-order chi connectivity index (χ1) is 10.2. The molecule has 0 saturated heterocycles. The van der Waals surface area contributed by atoms with E-state index in [2.05, 4.69) is 31.3 Å². The average Bonchev–Trinajstić information content (AvgIpc) is 2.89. The molecule has 0 radical (unpaired) electrons. The van der Waals surface area contributed by atoms with Gasteiger partial charge < -0.3 is 9.73 Å². The molecule has 3 rings (SSSR count). The van der Waals surface area contributed by atoms with Gasteiger partial charge in [0.25, 0.3) is 4.84 Å². The van der Waals surface area contributed by atoms with Gasteiger partial charge in [0.05, 0.1) is 0 Å². The van der Waals surface area contributed by atoms with Crippen molar-refractivity contribution < 1.29 is 4.42 Å². The van der Waals surface area contributed by atoms with E-state index >= 15 is 0 Å². The third kappa shape index (κ3) is 3.37. The van der Waals surface area contributed by atoms with E-state index in [0.29, 0.717) is 17.4 Å². The molecule has 0 bridgehead atoms. The highest BCUT2D eigenvalue weighted by molar-refractivity contribution is 9.10. The summed E-state index contributed by atoms with van der Waals surface area (Å²) in [7, 11) is 0. The predicted octanol–water partition coefficient (Wildman–Crippen LogP) is 4.10. The van der Waals surface area contributed by atoms with E-state index in [9.17, 15) is 0 Å². The second-order valence-electron chi connectivity index (χ2n) is 4.25. The van der Waals surface area contributed by atoms with E-state index in [4.69, 9.17) is 16.6 Å². The molecular weight excluding hydrogens is 352 g/mol. The van der Waals surface area contributed by atoms with Gasteiger partial charge in [-0.2, -0.15) is 0 Å². The molecule has 2 aromatic heterocycles. The SMILES string of the molecule is S=c1oc(-c2ccncc2)nn1CNc1ccc(Br)cc1. The zero-order valence-electron chi connectivity index (χ0n) is 10.9. The third-order valence-electron chi connectivity index (χ3n) is 2.81. The maximum atomic E-state index is 5.50. The molecule has 21 heavy (non-hydrogen) atoms. The summed E-state index contributed by atoms with van der Waals surface area (Å²) in [5.41, 5.74) is 1.83. The monoisotopic (exact) mass is 362 g/mol. The van der Waals surface area contributed by atoms with Crippen molar-refractivity contribution >= 4 is 33.8 Å². The fourth-order valence-corrected chi connectivity index (χ4v) is 2.20. The van der Waals surface area contributed by atoms with Crippen molar-refractivity contribution in [2.24, 2.45) is 0 Å². The van der Waals surface area contributed by atoms with Crippen LogP contribution in [0.2, 0.25) is 0 Å². The van der Waals surface area contributed by atoms with Gasteiger partial charge in [0.1, 0.15) is 6.67 Å². The van der Waals surface area contributed by atoms with Crippen LogP contribution in [0.4, 0.5) is 5.69 Å². The van der Waals surface area contributed by atoms with Gasteiger partial charge >= 0.3 is 0 Å². The van der Waals surface area contributed by atoms with Gasteiger partial charge in [-0.25, -0.2) is 4.68 Å². The Morgan fingerprint density at radius 2 is 1.86 bits per heavy atom. The Labute approximate surface area is 134 Å². The summed E-state index contributed by atoms with van der Waals surface area (Å²) in [6, 6.07) is 11.5. The summed E-state index contributed by atoms with van der Waals surface area (Å²) in [4.78, 5) is 4.29. The number of pyridine rings is 1. The first-order valence-corrected chi connectivity index (χ1v) is 7.40. The first kappa shape index (κ1) is 14.0. The minimum Gasteiger partial charge on any atom is -0.409 e. The van der Waals surface area contributed by atoms with Crippen molar-refractivity contribution in [3.05, 3.63) is 58.1 Å². The number of nitrogens with zero attached hydrogens (tertiary/aromatic N) is 3. The average molecular weight is 363 g/mol. The van der Waals surface area contributed by atoms with Crippen LogP contribution in [0.1, 0.15) is 0 Å². The van der Waals surface area contributed by atoms with Crippen LogP contribution in [-0.4, -0.2) is 14.8 Å². The van der Waals surface area contributed by atoms with Crippen molar-refractivity contribution in [2.75, 3.05) is 5.32 Å². The Morgan fingerprint density at radius 3 is 2.57 bits per heavy atom. The van der Waals surface area contributed by atoms with Gasteiger partial charge in [0.15, 0.2) is 0 Å². The van der Waals surface area contributed by atoms with Crippen LogP contribution in [0.5, 0.6) is 0 Å². The molecule has 106 valence electrons. The molecule has 3 aromatic rings. The number of hydrogen-bond acceptors (Lipinski definition) is 5. The fourth-order valence-electron chi connectivity index (χ4n) is 1.75. The lowest BCUT2D eigenvalue weighted by Crippen LogP contribution is -2.09. The van der Waals surface area contributed by atoms with Gasteiger partial charge in [-0.1, -0.05) is 15.9 Å². The standard InChI is InChI=1S/C14H11BrN4OS/c15-11-1-3-12(4-2-11)17-9-19-14(21)20-13(18-19)10-5-7-16-8-6-10/h1-8,17H,9H2. The van der Waals surface area contributed by atoms with Gasteiger partial charge in [0, 0.05) is 28.1 Å². The van der Waals surface area contributed by atoms with E-state index in [1.807, 2.05) is 36.4 Å². The number of anilines is 1. The Hall–Kier alpha value is -1.99. The third-order valence-corrected chi connectivity index (χ3v) is 3.63. The highest BCUT2D eigenvalue weighted by Crippen LogP contribution is 2.17. The molecular formula is C14H11BrN4OS. The van der Waals surface area contributed by atoms with Crippen LogP contribution in [0.15, 0.2) is 57.7 Å². The quantitative estimate of drug-likeness (QED) is 0.708. The summed E-state index contributed by atoms with van der Waals surface area (Å²) >= 11 is 8.58. The summed E-state index contributed by atoms with van der Waals surface area (Å²) in [6.07, 6.45) is 3.37. The Balaban J connectivity index is 1.76. The zero-order valence-corrected chi connectivity index (χ0v) is 13.3. The van der Waals surface area contributed by atoms with Crippen LogP contribution in [0.25, 0.3) is 11.5 Å². The van der Waals surface area contributed by atoms with Crippen molar-refractivity contribution in [3.8, 4) is 11.5 Å². The second-order valence-corrected chi connectivity index (χ2v) is 5.52. The molecule has 7 heteroatoms. The largest absolute Gasteiger partial charge is 0.409 e. The van der Waals surface area contributed by atoms with Crippen LogP contribution in [0.3, 0.4) is 0 Å². The smallest absolute Gasteiger partial charge is 0.289 e. The molecule has 0 aliphatic carbocycles. The molecule has 0 atom stereocenters. The van der Waals surface area contributed by atoms with Crippen molar-refractivity contribution in [1.29, 1.82) is 0 Å². The maximum absolute atomic E-state index is 5.50. The normalized spacial score (nSPS) is 10.5. The van der Waals surface area contributed by atoms with Crippen molar-refractivity contribution in [3.63, 3.8) is 0 Å². The molecule has 5 nitrogen and oxygen atoms in total. The van der Waals surface area contributed by atoms with E-state index in [1.54, 1.807) is 17.1 Å². The number of rotatable bonds is 4. The molecule has 0 amide bonds. The van der Waals surface area contributed by atoms with E-state index in [0.717, 1.165) is 15.7 Å². The Morgan fingerprint density at radius 1 is 1.14 bits per heavy atom. The highest BCUT2D eigenvalue weighted by Gasteiger charge is 2.07. The molecule has 0 spiro atoms. The zero-order chi connectivity index (χ0) is 14.7. The van der Waals surface area contributed by atoms with Crippen LogP contribution in [-0.2, 0) is 6.67 Å². The molecule has 1 N–H and O–H groups in total. The number of hydrogen-bond donors (Lipinski definition) is 1. The molecule has 0 aliphatic heterocycles. The van der Waals surface area contributed by atoms with Gasteiger partial charge in [-0.05, 0) is 48.6 Å². The molecule has 0 saturated carbocycles. The van der Waals surface area contributed by atoms with Crippen LogP contribution < -0.4 is 5.32 Å². The first-order valence-electron chi connectivity index (χ1n) is 6.20. The van der Waals surface area contributed by atoms with Crippen LogP contribution in [0, 0.1) is 4.84 Å². The molecule has 0 fully saturated rings. The van der Waals surface area contributed by atoms with E-state index in [1.165, 1.54) is 0 Å². The molecule has 0 unspecified atom stereocenters. The minimum absolute atomic E-state index is 0.325. The second kappa shape index (κ2) is 6.19. The predicted molar refractivity (Wildman–Crippen MR) is 86.3 cm³/mol. The van der Waals surface area contributed by atoms with E-state index in [-0.39, 0.29) is 0 Å². The van der Waals surface area contributed by atoms with Gasteiger partial charge in [-0.3, -0.25) is 4.98 Å². The lowest BCUT2D eigenvalue weighted by molar-refractivity contribution is 0.522. The Kier molecular flexibility index (Phi) is 4.12. The number of benzene rings is 1. The Bertz CT molecular complexity index is 783. The van der Waals surface area contributed by atoms with Crippen molar-refractivity contribution in [1.82, 2.24) is 14.8 Å². The highest BCUT2D eigenvalue weighted by atomic mass is 79.9. The number of halogens is 1. The molecule has 0 aliphatic rings. The lowest BCUT2D eigenvalue weighted by atomic mass is 10.3. The number of nitrogens with one attached hydrogen (secondary N) is 1. The van der Waals surface area contributed by atoms with Gasteiger partial charge in [-0.15, -0.1) is 5.10 Å². The molecule has 1 aromatic carbocycles. The van der Waals surface area contributed by atoms with Crippen LogP contribution >= 0.6 is 28.1 Å². The minimum atomic E-state index is 0.325. The van der Waals surface area contributed by atoms with Gasteiger partial charge in [0.2, 0.25) is 5.89 Å². The number of aromatic nitrogens is 3. The lowest BCUT2D eigenvalue weighted by Gasteiger charge is -2.05. The summed E-state index contributed by atoms with van der Waals surface area (Å²) < 4.78 is 8.14. The van der Waals surface area contributed by atoms with Crippen molar-refractivity contribution in [2.45, 2.75) is 6.67 Å². The maximum Gasteiger partial charge on any atom is 0.289 e. The summed E-state index contributed by atoms with van der Waals surface area (Å²) in [5.74, 6) is 0.486. The molecule has 2 heterocycles. The van der Waals surface area contributed by atoms with E-state index < -0.39 is 0 Å². The topological polar surface area (TPSA) is 55.9 Å². The fraction of sp³-hybridized carbons (Fsp3) is 0.0714.